The summed E-state index contributed by atoms with van der Waals surface area (Å²) in [7, 11) is 0. The molecule has 0 aliphatic rings. The number of anilines is 1. The molecule has 24 heavy (non-hydrogen) atoms. The van der Waals surface area contributed by atoms with Gasteiger partial charge in [0.1, 0.15) is 12.4 Å². The molecule has 3 rings (SSSR count). The second kappa shape index (κ2) is 8.18. The Morgan fingerprint density at radius 2 is 1.71 bits per heavy atom. The molecule has 120 valence electrons. The Hall–Kier alpha value is -2.78. The van der Waals surface area contributed by atoms with Gasteiger partial charge in [-0.1, -0.05) is 60.1 Å². The standard InChI is InChI=1S/C20H17ClN2O/c21-20-12-5-4-8-17(20)15-24-19-11-6-7-16(13-19)14-22-23-18-9-2-1-3-10-18/h1-14,23H,15H2. The molecule has 0 amide bonds. The number of rotatable bonds is 6. The number of nitrogens with one attached hydrogen (secondary N) is 1. The Balaban J connectivity index is 1.60. The van der Waals surface area contributed by atoms with E-state index in [1.54, 1.807) is 6.21 Å². The summed E-state index contributed by atoms with van der Waals surface area (Å²) in [4.78, 5) is 0. The molecule has 3 aromatic carbocycles. The summed E-state index contributed by atoms with van der Waals surface area (Å²) >= 11 is 6.14. The van der Waals surface area contributed by atoms with E-state index in [0.29, 0.717) is 11.6 Å². The van der Waals surface area contributed by atoms with Gasteiger partial charge < -0.3 is 4.74 Å². The first kappa shape index (κ1) is 16.1. The molecule has 0 aliphatic heterocycles. The molecule has 3 aromatic rings. The van der Waals surface area contributed by atoms with Crippen LogP contribution in [0, 0.1) is 0 Å². The van der Waals surface area contributed by atoms with Crippen LogP contribution in [0.25, 0.3) is 0 Å². The predicted molar refractivity (Wildman–Crippen MR) is 99.9 cm³/mol. The molecule has 0 spiro atoms. The van der Waals surface area contributed by atoms with Crippen LogP contribution in [-0.2, 0) is 6.61 Å². The van der Waals surface area contributed by atoms with Gasteiger partial charge in [-0.15, -0.1) is 0 Å². The molecule has 0 atom stereocenters. The third-order valence-corrected chi connectivity index (χ3v) is 3.76. The maximum atomic E-state index is 6.14. The second-order valence-corrected chi connectivity index (χ2v) is 5.60. The number of ether oxygens (including phenoxy) is 1. The molecular weight excluding hydrogens is 320 g/mol. The fourth-order valence-corrected chi connectivity index (χ4v) is 2.35. The van der Waals surface area contributed by atoms with Crippen LogP contribution in [0.3, 0.4) is 0 Å². The van der Waals surface area contributed by atoms with E-state index in [-0.39, 0.29) is 0 Å². The van der Waals surface area contributed by atoms with Crippen LogP contribution in [0.4, 0.5) is 5.69 Å². The Morgan fingerprint density at radius 3 is 2.54 bits per heavy atom. The lowest BCUT2D eigenvalue weighted by Gasteiger charge is -2.08. The monoisotopic (exact) mass is 336 g/mol. The SMILES string of the molecule is Clc1ccccc1COc1cccc(C=NNc2ccccc2)c1. The third-order valence-electron chi connectivity index (χ3n) is 3.39. The molecule has 0 heterocycles. The van der Waals surface area contributed by atoms with E-state index in [1.807, 2.05) is 78.9 Å². The van der Waals surface area contributed by atoms with Gasteiger partial charge in [-0.25, -0.2) is 0 Å². The fraction of sp³-hybridized carbons (Fsp3) is 0.0500. The first-order chi connectivity index (χ1) is 11.8. The van der Waals surface area contributed by atoms with Crippen LogP contribution in [-0.4, -0.2) is 6.21 Å². The largest absolute Gasteiger partial charge is 0.489 e. The zero-order valence-electron chi connectivity index (χ0n) is 13.0. The first-order valence-corrected chi connectivity index (χ1v) is 7.99. The molecule has 3 nitrogen and oxygen atoms in total. The van der Waals surface area contributed by atoms with Crippen LogP contribution in [0.1, 0.15) is 11.1 Å². The Labute approximate surface area is 146 Å². The van der Waals surface area contributed by atoms with Crippen molar-refractivity contribution in [3.63, 3.8) is 0 Å². The van der Waals surface area contributed by atoms with E-state index < -0.39 is 0 Å². The lowest BCUT2D eigenvalue weighted by molar-refractivity contribution is 0.306. The molecule has 1 N–H and O–H groups in total. The highest BCUT2D eigenvalue weighted by Crippen LogP contribution is 2.19. The van der Waals surface area contributed by atoms with Gasteiger partial charge in [-0.05, 0) is 35.9 Å². The number of benzene rings is 3. The minimum atomic E-state index is 0.433. The van der Waals surface area contributed by atoms with Crippen molar-refractivity contribution < 1.29 is 4.74 Å². The van der Waals surface area contributed by atoms with Crippen molar-refractivity contribution in [2.45, 2.75) is 6.61 Å². The minimum absolute atomic E-state index is 0.433. The summed E-state index contributed by atoms with van der Waals surface area (Å²) in [6.07, 6.45) is 1.76. The van der Waals surface area contributed by atoms with Crippen LogP contribution in [0.5, 0.6) is 5.75 Å². The Kier molecular flexibility index (Phi) is 5.48. The summed E-state index contributed by atoms with van der Waals surface area (Å²) in [5.74, 6) is 0.776. The van der Waals surface area contributed by atoms with Gasteiger partial charge >= 0.3 is 0 Å². The van der Waals surface area contributed by atoms with E-state index in [2.05, 4.69) is 10.5 Å². The second-order valence-electron chi connectivity index (χ2n) is 5.19. The zero-order valence-corrected chi connectivity index (χ0v) is 13.8. The summed E-state index contributed by atoms with van der Waals surface area (Å²) in [6, 6.07) is 25.2. The van der Waals surface area contributed by atoms with Crippen LogP contribution in [0.2, 0.25) is 5.02 Å². The Morgan fingerprint density at radius 1 is 0.917 bits per heavy atom. The highest BCUT2D eigenvalue weighted by molar-refractivity contribution is 6.31. The summed E-state index contributed by atoms with van der Waals surface area (Å²) in [6.45, 7) is 0.433. The maximum absolute atomic E-state index is 6.14. The molecular formula is C20H17ClN2O. The summed E-state index contributed by atoms with van der Waals surface area (Å²) in [5, 5.41) is 4.94. The quantitative estimate of drug-likeness (QED) is 0.485. The van der Waals surface area contributed by atoms with Gasteiger partial charge in [0.25, 0.3) is 0 Å². The molecule has 0 radical (unpaired) electrons. The lowest BCUT2D eigenvalue weighted by atomic mass is 10.2. The molecule has 0 aliphatic carbocycles. The van der Waals surface area contributed by atoms with Gasteiger partial charge in [0, 0.05) is 10.6 Å². The number of hydrazone groups is 1. The van der Waals surface area contributed by atoms with E-state index in [4.69, 9.17) is 16.3 Å². The van der Waals surface area contributed by atoms with E-state index in [0.717, 1.165) is 22.6 Å². The smallest absolute Gasteiger partial charge is 0.120 e. The maximum Gasteiger partial charge on any atom is 0.120 e. The molecule has 0 saturated heterocycles. The third kappa shape index (κ3) is 4.61. The van der Waals surface area contributed by atoms with Gasteiger partial charge in [0.2, 0.25) is 0 Å². The van der Waals surface area contributed by atoms with E-state index >= 15 is 0 Å². The molecule has 0 fully saturated rings. The van der Waals surface area contributed by atoms with Crippen molar-refractivity contribution >= 4 is 23.5 Å². The molecule has 0 saturated carbocycles. The molecule has 4 heteroatoms. The van der Waals surface area contributed by atoms with Crippen molar-refractivity contribution in [2.75, 3.05) is 5.43 Å². The molecule has 0 bridgehead atoms. The lowest BCUT2D eigenvalue weighted by Crippen LogP contribution is -1.97. The van der Waals surface area contributed by atoms with Gasteiger partial charge in [-0.2, -0.15) is 5.10 Å². The van der Waals surface area contributed by atoms with Crippen molar-refractivity contribution in [3.8, 4) is 5.75 Å². The molecule has 0 unspecified atom stereocenters. The minimum Gasteiger partial charge on any atom is -0.489 e. The highest BCUT2D eigenvalue weighted by atomic mass is 35.5. The molecule has 0 aromatic heterocycles. The van der Waals surface area contributed by atoms with Gasteiger partial charge in [0.05, 0.1) is 11.9 Å². The van der Waals surface area contributed by atoms with E-state index in [9.17, 15) is 0 Å². The van der Waals surface area contributed by atoms with Gasteiger partial charge in [-0.3, -0.25) is 5.43 Å². The highest BCUT2D eigenvalue weighted by Gasteiger charge is 2.01. The first-order valence-electron chi connectivity index (χ1n) is 7.62. The zero-order chi connectivity index (χ0) is 16.6. The normalized spacial score (nSPS) is 10.7. The average Bonchev–Trinajstić information content (AvgIpc) is 2.62. The average molecular weight is 337 g/mol. The van der Waals surface area contributed by atoms with Crippen LogP contribution >= 0.6 is 11.6 Å². The summed E-state index contributed by atoms with van der Waals surface area (Å²) < 4.78 is 5.81. The van der Waals surface area contributed by atoms with Crippen molar-refractivity contribution in [1.82, 2.24) is 0 Å². The van der Waals surface area contributed by atoms with Crippen molar-refractivity contribution in [3.05, 3.63) is 95.0 Å². The number of hydrogen-bond donors (Lipinski definition) is 1. The van der Waals surface area contributed by atoms with Crippen molar-refractivity contribution in [1.29, 1.82) is 0 Å². The van der Waals surface area contributed by atoms with E-state index in [1.165, 1.54) is 0 Å². The fourth-order valence-electron chi connectivity index (χ4n) is 2.16. The Bertz CT molecular complexity index is 819. The van der Waals surface area contributed by atoms with Crippen molar-refractivity contribution in [2.24, 2.45) is 5.10 Å². The van der Waals surface area contributed by atoms with Gasteiger partial charge in [0.15, 0.2) is 0 Å². The number of para-hydroxylation sites is 1. The predicted octanol–water partition coefficient (Wildman–Crippen LogP) is 5.37. The van der Waals surface area contributed by atoms with Crippen LogP contribution in [0.15, 0.2) is 84.0 Å². The number of nitrogens with zero attached hydrogens (tertiary/aromatic N) is 1. The number of hydrogen-bond acceptors (Lipinski definition) is 3. The number of halogens is 1. The summed E-state index contributed by atoms with van der Waals surface area (Å²) in [5.41, 5.74) is 5.85. The topological polar surface area (TPSA) is 33.6 Å². The van der Waals surface area contributed by atoms with Crippen LogP contribution < -0.4 is 10.2 Å².